The van der Waals surface area contributed by atoms with Gasteiger partial charge in [-0.2, -0.15) is 9.50 Å². The molecule has 0 radical (unpaired) electrons. The third-order valence-corrected chi connectivity index (χ3v) is 6.23. The lowest BCUT2D eigenvalue weighted by Crippen LogP contribution is -2.23. The van der Waals surface area contributed by atoms with E-state index in [-0.39, 0.29) is 5.56 Å². The van der Waals surface area contributed by atoms with Crippen LogP contribution in [-0.2, 0) is 0 Å². The van der Waals surface area contributed by atoms with Crippen LogP contribution in [0.15, 0.2) is 74.3 Å². The molecule has 0 N–H and O–H groups in total. The molecule has 0 fully saturated rings. The van der Waals surface area contributed by atoms with E-state index in [1.807, 2.05) is 60.7 Å². The number of rotatable bonds is 6. The summed E-state index contributed by atoms with van der Waals surface area (Å²) in [4.78, 5) is 17.9. The van der Waals surface area contributed by atoms with Gasteiger partial charge in [-0.15, -0.1) is 5.10 Å². The molecule has 32 heavy (non-hydrogen) atoms. The third-order valence-electron chi connectivity index (χ3n) is 4.78. The van der Waals surface area contributed by atoms with E-state index in [0.29, 0.717) is 27.7 Å². The maximum atomic E-state index is 12.8. The average Bonchev–Trinajstić information content (AvgIpc) is 3.50. The molecule has 0 aliphatic rings. The SMILES string of the molecule is CCCOc1ccc(-c2nc3s/c(=C\c4ccc(-c5cccc(Br)c5)o4)c(=O)n3n2)cc1. The monoisotopic (exact) mass is 507 g/mol. The standard InChI is InChI=1S/C24H18BrN3O3S/c1-2-12-30-18-8-6-15(7-9-18)22-26-24-28(27-22)23(29)21(32-24)14-19-10-11-20(31-19)16-4-3-5-17(25)13-16/h3-11,13-14H,2,12H2,1H3/b21-14-. The summed E-state index contributed by atoms with van der Waals surface area (Å²) >= 11 is 4.75. The fourth-order valence-corrected chi connectivity index (χ4v) is 4.52. The fraction of sp³-hybridized carbons (Fsp3) is 0.125. The second kappa shape index (κ2) is 8.72. The molecule has 0 bridgehead atoms. The van der Waals surface area contributed by atoms with Gasteiger partial charge in [0.15, 0.2) is 5.82 Å². The molecule has 0 atom stereocenters. The van der Waals surface area contributed by atoms with Crippen molar-refractivity contribution in [2.45, 2.75) is 13.3 Å². The Labute approximate surface area is 195 Å². The molecule has 0 amide bonds. The van der Waals surface area contributed by atoms with Gasteiger partial charge in [0.2, 0.25) is 4.96 Å². The Kier molecular flexibility index (Phi) is 5.63. The first kappa shape index (κ1) is 20.7. The molecule has 0 aliphatic heterocycles. The van der Waals surface area contributed by atoms with E-state index in [0.717, 1.165) is 33.5 Å². The number of halogens is 1. The lowest BCUT2D eigenvalue weighted by molar-refractivity contribution is 0.317. The molecule has 2 aromatic carbocycles. The van der Waals surface area contributed by atoms with Gasteiger partial charge in [-0.1, -0.05) is 46.3 Å². The van der Waals surface area contributed by atoms with Crippen molar-refractivity contribution in [1.29, 1.82) is 0 Å². The Morgan fingerprint density at radius 3 is 2.72 bits per heavy atom. The maximum Gasteiger partial charge on any atom is 0.291 e. The van der Waals surface area contributed by atoms with Gasteiger partial charge in [-0.3, -0.25) is 4.79 Å². The van der Waals surface area contributed by atoms with Gasteiger partial charge in [0.05, 0.1) is 6.61 Å². The smallest absolute Gasteiger partial charge is 0.291 e. The summed E-state index contributed by atoms with van der Waals surface area (Å²) in [5, 5.41) is 4.41. The number of nitrogens with zero attached hydrogens (tertiary/aromatic N) is 3. The van der Waals surface area contributed by atoms with Crippen LogP contribution in [0.3, 0.4) is 0 Å². The highest BCUT2D eigenvalue weighted by Gasteiger charge is 2.13. The quantitative estimate of drug-likeness (QED) is 0.316. The lowest BCUT2D eigenvalue weighted by atomic mass is 10.2. The molecule has 0 aliphatic carbocycles. The van der Waals surface area contributed by atoms with Gasteiger partial charge in [0.1, 0.15) is 21.8 Å². The van der Waals surface area contributed by atoms with Crippen LogP contribution in [0.4, 0.5) is 0 Å². The van der Waals surface area contributed by atoms with Crippen molar-refractivity contribution in [1.82, 2.24) is 14.6 Å². The van der Waals surface area contributed by atoms with Gasteiger partial charge in [-0.05, 0) is 55.0 Å². The van der Waals surface area contributed by atoms with Crippen LogP contribution >= 0.6 is 27.3 Å². The van der Waals surface area contributed by atoms with E-state index >= 15 is 0 Å². The van der Waals surface area contributed by atoms with Crippen LogP contribution in [0, 0.1) is 0 Å². The zero-order valence-electron chi connectivity index (χ0n) is 17.1. The third kappa shape index (κ3) is 4.11. The molecule has 5 aromatic rings. The number of ether oxygens (including phenoxy) is 1. The Morgan fingerprint density at radius 1 is 1.12 bits per heavy atom. The molecule has 0 spiro atoms. The first-order chi connectivity index (χ1) is 15.6. The highest BCUT2D eigenvalue weighted by Crippen LogP contribution is 2.25. The number of fused-ring (bicyclic) bond motifs is 1. The van der Waals surface area contributed by atoms with Crippen LogP contribution < -0.4 is 14.8 Å². The Bertz CT molecular complexity index is 1500. The summed E-state index contributed by atoms with van der Waals surface area (Å²) in [7, 11) is 0. The van der Waals surface area contributed by atoms with E-state index < -0.39 is 0 Å². The number of thiazole rings is 1. The predicted molar refractivity (Wildman–Crippen MR) is 129 cm³/mol. The second-order valence-electron chi connectivity index (χ2n) is 7.13. The highest BCUT2D eigenvalue weighted by molar-refractivity contribution is 9.10. The van der Waals surface area contributed by atoms with Gasteiger partial charge in [0, 0.05) is 21.7 Å². The Morgan fingerprint density at radius 2 is 1.97 bits per heavy atom. The number of hydrogen-bond donors (Lipinski definition) is 0. The minimum Gasteiger partial charge on any atom is -0.494 e. The summed E-state index contributed by atoms with van der Waals surface area (Å²) < 4.78 is 14.4. The molecule has 0 unspecified atom stereocenters. The maximum absolute atomic E-state index is 12.8. The largest absolute Gasteiger partial charge is 0.494 e. The number of aromatic nitrogens is 3. The van der Waals surface area contributed by atoms with E-state index in [4.69, 9.17) is 9.15 Å². The van der Waals surface area contributed by atoms with Crippen molar-refractivity contribution < 1.29 is 9.15 Å². The topological polar surface area (TPSA) is 69.6 Å². The molecule has 0 saturated heterocycles. The predicted octanol–water partition coefficient (Wildman–Crippen LogP) is 5.18. The summed E-state index contributed by atoms with van der Waals surface area (Å²) in [6.45, 7) is 2.74. The van der Waals surface area contributed by atoms with Crippen LogP contribution in [0.5, 0.6) is 5.75 Å². The molecule has 6 nitrogen and oxygen atoms in total. The van der Waals surface area contributed by atoms with Crippen LogP contribution in [0.2, 0.25) is 0 Å². The van der Waals surface area contributed by atoms with Gasteiger partial charge in [-0.25, -0.2) is 0 Å². The number of hydrogen-bond acceptors (Lipinski definition) is 6. The van der Waals surface area contributed by atoms with Gasteiger partial charge >= 0.3 is 0 Å². The molecule has 3 aromatic heterocycles. The number of furan rings is 1. The molecular formula is C24H18BrN3O3S. The van der Waals surface area contributed by atoms with Crippen molar-refractivity contribution in [3.63, 3.8) is 0 Å². The number of benzene rings is 2. The summed E-state index contributed by atoms with van der Waals surface area (Å²) in [6.07, 6.45) is 2.68. The minimum absolute atomic E-state index is 0.216. The van der Waals surface area contributed by atoms with Crippen LogP contribution in [0.1, 0.15) is 19.1 Å². The average molecular weight is 508 g/mol. The van der Waals surface area contributed by atoms with Crippen molar-refractivity contribution in [2.75, 3.05) is 6.61 Å². The highest BCUT2D eigenvalue weighted by atomic mass is 79.9. The lowest BCUT2D eigenvalue weighted by Gasteiger charge is -2.04. The Hall–Kier alpha value is -3.23. The summed E-state index contributed by atoms with van der Waals surface area (Å²) in [6, 6.07) is 19.2. The zero-order chi connectivity index (χ0) is 22.1. The molecule has 5 rings (SSSR count). The van der Waals surface area contributed by atoms with Crippen molar-refractivity contribution in [3.05, 3.63) is 85.8 Å². The second-order valence-corrected chi connectivity index (χ2v) is 9.06. The van der Waals surface area contributed by atoms with Gasteiger partial charge < -0.3 is 9.15 Å². The molecule has 3 heterocycles. The van der Waals surface area contributed by atoms with Crippen molar-refractivity contribution in [3.8, 4) is 28.5 Å². The van der Waals surface area contributed by atoms with Gasteiger partial charge in [0.25, 0.3) is 5.56 Å². The summed E-state index contributed by atoms with van der Waals surface area (Å²) in [5.74, 6) is 2.65. The van der Waals surface area contributed by atoms with E-state index in [1.54, 1.807) is 6.08 Å². The van der Waals surface area contributed by atoms with E-state index in [1.165, 1.54) is 15.9 Å². The normalized spacial score (nSPS) is 12.0. The molecule has 0 saturated carbocycles. The van der Waals surface area contributed by atoms with Crippen molar-refractivity contribution in [2.24, 2.45) is 0 Å². The van der Waals surface area contributed by atoms with E-state index in [2.05, 4.69) is 32.9 Å². The molecular weight excluding hydrogens is 490 g/mol. The zero-order valence-corrected chi connectivity index (χ0v) is 19.5. The summed E-state index contributed by atoms with van der Waals surface area (Å²) in [5.41, 5.74) is 1.58. The first-order valence-electron chi connectivity index (χ1n) is 10.1. The van der Waals surface area contributed by atoms with Crippen LogP contribution in [0.25, 0.3) is 33.7 Å². The van der Waals surface area contributed by atoms with E-state index in [9.17, 15) is 4.79 Å². The minimum atomic E-state index is -0.216. The Balaban J connectivity index is 1.43. The fourth-order valence-electron chi connectivity index (χ4n) is 3.23. The van der Waals surface area contributed by atoms with Crippen LogP contribution in [-0.4, -0.2) is 21.2 Å². The van der Waals surface area contributed by atoms with Crippen molar-refractivity contribution >= 4 is 38.3 Å². The molecule has 160 valence electrons. The first-order valence-corrected chi connectivity index (χ1v) is 11.7. The molecule has 8 heteroatoms.